The predicted octanol–water partition coefficient (Wildman–Crippen LogP) is 0.925. The number of nitrogens with two attached hydrogens (primary N) is 1. The highest BCUT2D eigenvalue weighted by atomic mass is 16.5. The lowest BCUT2D eigenvalue weighted by Gasteiger charge is -2.06. The Bertz CT molecular complexity index is 306. The number of rotatable bonds is 3. The van der Waals surface area contributed by atoms with E-state index in [9.17, 15) is 0 Å². The second kappa shape index (κ2) is 5.24. The molecular weight excluding hydrogens is 178 g/mol. The second-order valence-corrected chi connectivity index (χ2v) is 2.67. The van der Waals surface area contributed by atoms with Gasteiger partial charge in [0, 0.05) is 12.6 Å². The zero-order valence-electron chi connectivity index (χ0n) is 8.45. The van der Waals surface area contributed by atoms with Gasteiger partial charge in [0.2, 0.25) is 0 Å². The fourth-order valence-corrected chi connectivity index (χ4v) is 1.15. The van der Waals surface area contributed by atoms with Crippen LogP contribution in [0.25, 0.3) is 0 Å². The summed E-state index contributed by atoms with van der Waals surface area (Å²) in [4.78, 5) is 3.99. The molecule has 0 unspecified atom stereocenters. The van der Waals surface area contributed by atoms with Gasteiger partial charge in [-0.05, 0) is 31.2 Å². The van der Waals surface area contributed by atoms with E-state index in [0.717, 1.165) is 11.3 Å². The average molecular weight is 193 g/mol. The monoisotopic (exact) mass is 193 g/mol. The van der Waals surface area contributed by atoms with Gasteiger partial charge in [-0.15, -0.1) is 0 Å². The summed E-state index contributed by atoms with van der Waals surface area (Å²) in [6.45, 7) is 2.62. The summed E-state index contributed by atoms with van der Waals surface area (Å²) in [6, 6.07) is 7.60. The first-order valence-corrected chi connectivity index (χ1v) is 4.48. The molecule has 0 bridgehead atoms. The third kappa shape index (κ3) is 2.47. The number of benzene rings is 1. The summed E-state index contributed by atoms with van der Waals surface area (Å²) in [7, 11) is 1.69. The third-order valence-corrected chi connectivity index (χ3v) is 1.80. The van der Waals surface area contributed by atoms with E-state index in [2.05, 4.69) is 10.4 Å². The van der Waals surface area contributed by atoms with E-state index in [1.54, 1.807) is 7.05 Å². The first-order chi connectivity index (χ1) is 6.81. The number of amidine groups is 1. The van der Waals surface area contributed by atoms with Crippen LogP contribution in [-0.2, 0) is 0 Å². The van der Waals surface area contributed by atoms with Gasteiger partial charge in [-0.1, -0.05) is 0 Å². The Kier molecular flexibility index (Phi) is 3.94. The molecule has 0 atom stereocenters. The third-order valence-electron chi connectivity index (χ3n) is 1.80. The zero-order valence-corrected chi connectivity index (χ0v) is 8.45. The summed E-state index contributed by atoms with van der Waals surface area (Å²) in [5.41, 5.74) is 3.47. The van der Waals surface area contributed by atoms with Crippen molar-refractivity contribution in [1.29, 1.82) is 0 Å². The minimum atomic E-state index is 0.660. The molecule has 0 radical (unpaired) electrons. The Hall–Kier alpha value is -1.55. The smallest absolute Gasteiger partial charge is 0.142 e. The Morgan fingerprint density at radius 3 is 2.50 bits per heavy atom. The molecule has 0 heterocycles. The topological polar surface area (TPSA) is 59.6 Å². The van der Waals surface area contributed by atoms with Crippen molar-refractivity contribution in [3.63, 3.8) is 0 Å². The Balaban J connectivity index is 2.82. The van der Waals surface area contributed by atoms with Gasteiger partial charge in [0.15, 0.2) is 0 Å². The van der Waals surface area contributed by atoms with Crippen molar-refractivity contribution in [2.75, 3.05) is 13.7 Å². The number of nitrogens with zero attached hydrogens (tertiary/aromatic N) is 1. The van der Waals surface area contributed by atoms with Gasteiger partial charge in [0.1, 0.15) is 11.6 Å². The van der Waals surface area contributed by atoms with Gasteiger partial charge in [-0.3, -0.25) is 4.99 Å². The van der Waals surface area contributed by atoms with Crippen molar-refractivity contribution in [3.8, 4) is 5.75 Å². The van der Waals surface area contributed by atoms with Crippen LogP contribution in [0.4, 0.5) is 0 Å². The van der Waals surface area contributed by atoms with Crippen LogP contribution >= 0.6 is 0 Å². The molecule has 14 heavy (non-hydrogen) atoms. The van der Waals surface area contributed by atoms with Crippen molar-refractivity contribution in [3.05, 3.63) is 29.8 Å². The number of nitrogens with one attached hydrogen (secondary N) is 1. The summed E-state index contributed by atoms with van der Waals surface area (Å²) in [5, 5.41) is 0. The van der Waals surface area contributed by atoms with E-state index >= 15 is 0 Å². The summed E-state index contributed by atoms with van der Waals surface area (Å²) < 4.78 is 5.32. The molecule has 0 fully saturated rings. The van der Waals surface area contributed by atoms with Crippen LogP contribution in [0.2, 0.25) is 0 Å². The SMILES string of the molecule is CCOc1ccc(C(=NC)NN)cc1. The van der Waals surface area contributed by atoms with Crippen LogP contribution in [0.3, 0.4) is 0 Å². The zero-order chi connectivity index (χ0) is 10.4. The quantitative estimate of drug-likeness (QED) is 0.325. The maximum atomic E-state index is 5.32. The molecule has 0 amide bonds. The highest BCUT2D eigenvalue weighted by molar-refractivity contribution is 5.98. The number of hydrogen-bond donors (Lipinski definition) is 2. The molecule has 0 aliphatic rings. The average Bonchev–Trinajstić information content (AvgIpc) is 2.23. The van der Waals surface area contributed by atoms with Crippen LogP contribution in [0, 0.1) is 0 Å². The van der Waals surface area contributed by atoms with Gasteiger partial charge >= 0.3 is 0 Å². The molecule has 0 aliphatic carbocycles. The fraction of sp³-hybridized carbons (Fsp3) is 0.300. The number of hydrazine groups is 1. The lowest BCUT2D eigenvalue weighted by Crippen LogP contribution is -2.30. The number of aliphatic imine (C=N–C) groups is 1. The van der Waals surface area contributed by atoms with Gasteiger partial charge in [-0.2, -0.15) is 0 Å². The minimum absolute atomic E-state index is 0.660. The van der Waals surface area contributed by atoms with Crippen molar-refractivity contribution >= 4 is 5.84 Å². The molecule has 4 nitrogen and oxygen atoms in total. The second-order valence-electron chi connectivity index (χ2n) is 2.67. The lowest BCUT2D eigenvalue weighted by atomic mass is 10.2. The molecular formula is C10H15N3O. The Morgan fingerprint density at radius 2 is 2.07 bits per heavy atom. The van der Waals surface area contributed by atoms with Crippen molar-refractivity contribution < 1.29 is 4.74 Å². The fourth-order valence-electron chi connectivity index (χ4n) is 1.15. The van der Waals surface area contributed by atoms with Crippen molar-refractivity contribution in [2.24, 2.45) is 10.8 Å². The molecule has 4 heteroatoms. The molecule has 0 saturated carbocycles. The lowest BCUT2D eigenvalue weighted by molar-refractivity contribution is 0.340. The highest BCUT2D eigenvalue weighted by Crippen LogP contribution is 2.11. The van der Waals surface area contributed by atoms with Crippen LogP contribution in [0.1, 0.15) is 12.5 Å². The largest absolute Gasteiger partial charge is 0.494 e. The van der Waals surface area contributed by atoms with E-state index < -0.39 is 0 Å². The first-order valence-electron chi connectivity index (χ1n) is 4.48. The summed E-state index contributed by atoms with van der Waals surface area (Å²) in [6.07, 6.45) is 0. The van der Waals surface area contributed by atoms with Gasteiger partial charge in [0.05, 0.1) is 6.61 Å². The van der Waals surface area contributed by atoms with Gasteiger partial charge in [-0.25, -0.2) is 5.84 Å². The minimum Gasteiger partial charge on any atom is -0.494 e. The van der Waals surface area contributed by atoms with Crippen LogP contribution in [0.5, 0.6) is 5.75 Å². The molecule has 0 aromatic heterocycles. The van der Waals surface area contributed by atoms with E-state index in [1.165, 1.54) is 0 Å². The molecule has 0 saturated heterocycles. The molecule has 3 N–H and O–H groups in total. The van der Waals surface area contributed by atoms with Crippen LogP contribution in [-0.4, -0.2) is 19.5 Å². The highest BCUT2D eigenvalue weighted by Gasteiger charge is 1.99. The molecule has 0 spiro atoms. The Morgan fingerprint density at radius 1 is 1.43 bits per heavy atom. The van der Waals surface area contributed by atoms with Crippen LogP contribution < -0.4 is 16.0 Å². The number of ether oxygens (including phenoxy) is 1. The molecule has 0 aliphatic heterocycles. The van der Waals surface area contributed by atoms with E-state index in [-0.39, 0.29) is 0 Å². The standard InChI is InChI=1S/C10H15N3O/c1-3-14-9-6-4-8(5-7-9)10(12-2)13-11/h4-7H,3,11H2,1-2H3,(H,12,13). The van der Waals surface area contributed by atoms with Gasteiger partial charge < -0.3 is 10.2 Å². The number of hydrogen-bond acceptors (Lipinski definition) is 3. The molecule has 1 aromatic carbocycles. The summed E-state index contributed by atoms with van der Waals surface area (Å²) in [5.74, 6) is 6.81. The maximum absolute atomic E-state index is 5.32. The Labute approximate surface area is 83.8 Å². The van der Waals surface area contributed by atoms with E-state index in [0.29, 0.717) is 12.4 Å². The molecule has 1 aromatic rings. The van der Waals surface area contributed by atoms with E-state index in [4.69, 9.17) is 10.6 Å². The summed E-state index contributed by atoms with van der Waals surface area (Å²) >= 11 is 0. The maximum Gasteiger partial charge on any atom is 0.142 e. The predicted molar refractivity (Wildman–Crippen MR) is 57.4 cm³/mol. The normalized spacial score (nSPS) is 11.2. The molecule has 76 valence electrons. The first kappa shape index (κ1) is 10.5. The van der Waals surface area contributed by atoms with Crippen LogP contribution in [0.15, 0.2) is 29.3 Å². The van der Waals surface area contributed by atoms with Crippen molar-refractivity contribution in [1.82, 2.24) is 5.43 Å². The van der Waals surface area contributed by atoms with Gasteiger partial charge in [0.25, 0.3) is 0 Å². The molecule has 1 rings (SSSR count). The van der Waals surface area contributed by atoms with E-state index in [1.807, 2.05) is 31.2 Å². The van der Waals surface area contributed by atoms with Crippen molar-refractivity contribution in [2.45, 2.75) is 6.92 Å².